The van der Waals surface area contributed by atoms with Crippen LogP contribution in [0.2, 0.25) is 0 Å². The molecule has 0 aliphatic carbocycles. The molecule has 0 aromatic rings. The zero-order valence-electron chi connectivity index (χ0n) is 44.5. The quantitative estimate of drug-likeness (QED) is 0.0262. The van der Waals surface area contributed by atoms with Gasteiger partial charge in [0.15, 0.2) is 6.10 Å². The van der Waals surface area contributed by atoms with Crippen LogP contribution in [0.25, 0.3) is 0 Å². The number of esters is 3. The molecule has 0 heterocycles. The molecule has 0 fully saturated rings. The highest BCUT2D eigenvalue weighted by molar-refractivity contribution is 5.71. The number of hydrogen-bond donors (Lipinski definition) is 0. The smallest absolute Gasteiger partial charge is 0.306 e. The molecule has 0 aromatic carbocycles. The summed E-state index contributed by atoms with van der Waals surface area (Å²) in [6, 6.07) is 0. The first-order chi connectivity index (χ1) is 34.0. The van der Waals surface area contributed by atoms with Gasteiger partial charge in [-0.3, -0.25) is 14.4 Å². The molecule has 0 aliphatic rings. The van der Waals surface area contributed by atoms with Crippen LogP contribution in [0.15, 0.2) is 122 Å². The molecule has 0 rings (SSSR count). The van der Waals surface area contributed by atoms with Crippen molar-refractivity contribution in [1.29, 1.82) is 0 Å². The molecule has 390 valence electrons. The minimum absolute atomic E-state index is 0.117. The van der Waals surface area contributed by atoms with Gasteiger partial charge in [-0.2, -0.15) is 0 Å². The second-order valence-corrected chi connectivity index (χ2v) is 18.1. The van der Waals surface area contributed by atoms with Gasteiger partial charge in [0, 0.05) is 19.3 Å². The molecule has 6 heteroatoms. The first kappa shape index (κ1) is 64.8. The Bertz CT molecular complexity index is 1470. The van der Waals surface area contributed by atoms with E-state index in [4.69, 9.17) is 14.2 Å². The zero-order valence-corrected chi connectivity index (χ0v) is 44.5. The van der Waals surface area contributed by atoms with Crippen LogP contribution < -0.4 is 0 Å². The minimum atomic E-state index is -0.821. The van der Waals surface area contributed by atoms with E-state index in [1.54, 1.807) is 0 Å². The molecule has 0 aromatic heterocycles. The van der Waals surface area contributed by atoms with E-state index in [1.165, 1.54) is 77.0 Å². The fourth-order valence-corrected chi connectivity index (χ4v) is 7.30. The molecule has 0 saturated carbocycles. The summed E-state index contributed by atoms with van der Waals surface area (Å²) in [5.74, 6) is -1.02. The summed E-state index contributed by atoms with van der Waals surface area (Å²) in [6.45, 7) is 6.32. The lowest BCUT2D eigenvalue weighted by Gasteiger charge is -2.18. The molecule has 1 unspecified atom stereocenters. The van der Waals surface area contributed by atoms with Gasteiger partial charge in [0.25, 0.3) is 0 Å². The Labute approximate surface area is 424 Å². The molecule has 0 spiro atoms. The monoisotopic (exact) mass is 955 g/mol. The number of ether oxygens (including phenoxy) is 3. The fraction of sp³-hybridized carbons (Fsp3) is 0.635. The van der Waals surface area contributed by atoms with Crippen molar-refractivity contribution < 1.29 is 28.6 Å². The average Bonchev–Trinajstić information content (AvgIpc) is 3.35. The Morgan fingerprint density at radius 1 is 0.304 bits per heavy atom. The summed E-state index contributed by atoms with van der Waals surface area (Å²) >= 11 is 0. The van der Waals surface area contributed by atoms with Crippen molar-refractivity contribution in [2.24, 2.45) is 0 Å². The summed E-state index contributed by atoms with van der Waals surface area (Å²) in [7, 11) is 0. The van der Waals surface area contributed by atoms with E-state index in [0.717, 1.165) is 116 Å². The van der Waals surface area contributed by atoms with Gasteiger partial charge in [-0.1, -0.05) is 226 Å². The Morgan fingerprint density at radius 3 is 0.986 bits per heavy atom. The van der Waals surface area contributed by atoms with Crippen molar-refractivity contribution in [2.45, 2.75) is 245 Å². The third-order valence-electron chi connectivity index (χ3n) is 11.4. The average molecular weight is 956 g/mol. The third-order valence-corrected chi connectivity index (χ3v) is 11.4. The molecule has 0 saturated heterocycles. The number of hydrogen-bond acceptors (Lipinski definition) is 6. The summed E-state index contributed by atoms with van der Waals surface area (Å²) in [5, 5.41) is 0. The molecule has 0 radical (unpaired) electrons. The van der Waals surface area contributed by atoms with Crippen LogP contribution >= 0.6 is 0 Å². The largest absolute Gasteiger partial charge is 0.462 e. The highest BCUT2D eigenvalue weighted by atomic mass is 16.6. The van der Waals surface area contributed by atoms with Crippen molar-refractivity contribution in [2.75, 3.05) is 13.2 Å². The van der Waals surface area contributed by atoms with Gasteiger partial charge in [-0.15, -0.1) is 0 Å². The first-order valence-electron chi connectivity index (χ1n) is 28.0. The summed E-state index contributed by atoms with van der Waals surface area (Å²) in [4.78, 5) is 38.1. The van der Waals surface area contributed by atoms with Gasteiger partial charge in [0.1, 0.15) is 13.2 Å². The molecule has 0 bridgehead atoms. The van der Waals surface area contributed by atoms with Crippen molar-refractivity contribution in [3.63, 3.8) is 0 Å². The van der Waals surface area contributed by atoms with Crippen LogP contribution in [0.4, 0.5) is 0 Å². The van der Waals surface area contributed by atoms with E-state index >= 15 is 0 Å². The van der Waals surface area contributed by atoms with Crippen molar-refractivity contribution in [3.05, 3.63) is 122 Å². The molecular weight excluding hydrogens is 853 g/mol. The molecular formula is C63H102O6. The standard InChI is InChI=1S/C63H102O6/c1-4-7-10-13-16-19-22-25-27-29-31-33-35-38-41-44-47-50-53-56-62(65)68-59-60(58-67-61(64)55-52-49-46-43-40-37-24-21-18-15-12-9-6-3)69-63(66)57-54-51-48-45-42-39-36-34-32-30-28-26-23-20-17-14-11-8-5-2/h7-8,10-11,16-17,19-20,25-28,31,33,37-38,40-41,46,49,60H,4-6,9,12-15,18,21-24,29-30,32,34-36,39,42-45,47-48,50-59H2,1-3H3/b10-7-,11-8-,19-16-,20-17-,27-25-,28-26-,33-31-,40-37-,41-38-,49-46-. The molecule has 0 amide bonds. The fourth-order valence-electron chi connectivity index (χ4n) is 7.30. The maximum atomic E-state index is 12.9. The van der Waals surface area contributed by atoms with Crippen LogP contribution in [0.5, 0.6) is 0 Å². The van der Waals surface area contributed by atoms with Gasteiger partial charge in [-0.05, 0) is 116 Å². The van der Waals surface area contributed by atoms with E-state index in [9.17, 15) is 14.4 Å². The number of carbonyl (C=O) groups excluding carboxylic acids is 3. The van der Waals surface area contributed by atoms with Crippen molar-refractivity contribution in [1.82, 2.24) is 0 Å². The molecule has 69 heavy (non-hydrogen) atoms. The van der Waals surface area contributed by atoms with Crippen molar-refractivity contribution in [3.8, 4) is 0 Å². The van der Waals surface area contributed by atoms with Crippen LogP contribution in [0.1, 0.15) is 239 Å². The van der Waals surface area contributed by atoms with E-state index < -0.39 is 6.10 Å². The number of allylic oxidation sites excluding steroid dienone is 20. The van der Waals surface area contributed by atoms with E-state index in [1.807, 2.05) is 6.08 Å². The lowest BCUT2D eigenvalue weighted by molar-refractivity contribution is -0.166. The molecule has 0 aliphatic heterocycles. The van der Waals surface area contributed by atoms with Crippen LogP contribution in [0.3, 0.4) is 0 Å². The number of rotatable bonds is 49. The van der Waals surface area contributed by atoms with Crippen LogP contribution in [0, 0.1) is 0 Å². The number of unbranched alkanes of at least 4 members (excludes halogenated alkanes) is 18. The molecule has 1 atom stereocenters. The van der Waals surface area contributed by atoms with Gasteiger partial charge >= 0.3 is 17.9 Å². The third kappa shape index (κ3) is 54.6. The van der Waals surface area contributed by atoms with Gasteiger partial charge in [-0.25, -0.2) is 0 Å². The van der Waals surface area contributed by atoms with E-state index in [-0.39, 0.29) is 37.5 Å². The Balaban J connectivity index is 4.50. The minimum Gasteiger partial charge on any atom is -0.462 e. The molecule has 6 nitrogen and oxygen atoms in total. The van der Waals surface area contributed by atoms with E-state index in [2.05, 4.69) is 136 Å². The number of carbonyl (C=O) groups is 3. The normalized spacial score (nSPS) is 13.0. The second kappa shape index (κ2) is 56.4. The summed E-state index contributed by atoms with van der Waals surface area (Å²) < 4.78 is 16.8. The van der Waals surface area contributed by atoms with Gasteiger partial charge in [0.05, 0.1) is 0 Å². The van der Waals surface area contributed by atoms with Crippen LogP contribution in [-0.4, -0.2) is 37.2 Å². The van der Waals surface area contributed by atoms with Gasteiger partial charge < -0.3 is 14.2 Å². The van der Waals surface area contributed by atoms with Crippen LogP contribution in [-0.2, 0) is 28.6 Å². The lowest BCUT2D eigenvalue weighted by atomic mass is 10.1. The molecule has 0 N–H and O–H groups in total. The maximum absolute atomic E-state index is 12.9. The SMILES string of the molecule is CC/C=C\C/C=C\C/C=C\C/C=C\C/C=C\CCCCCC(=O)OCC(COC(=O)CC/C=C\C/C=C\CCCCCCCC)OC(=O)CCCCCCCCCCC/C=C\C/C=C\C/C=C\CC. The van der Waals surface area contributed by atoms with Gasteiger partial charge in [0.2, 0.25) is 0 Å². The second-order valence-electron chi connectivity index (χ2n) is 18.1. The summed E-state index contributed by atoms with van der Waals surface area (Å²) in [6.07, 6.45) is 77.7. The first-order valence-corrected chi connectivity index (χ1v) is 28.0. The maximum Gasteiger partial charge on any atom is 0.306 e. The zero-order chi connectivity index (χ0) is 50.0. The topological polar surface area (TPSA) is 78.9 Å². The predicted octanol–water partition coefficient (Wildman–Crippen LogP) is 18.9. The highest BCUT2D eigenvalue weighted by Crippen LogP contribution is 2.14. The van der Waals surface area contributed by atoms with Crippen molar-refractivity contribution >= 4 is 17.9 Å². The lowest BCUT2D eigenvalue weighted by Crippen LogP contribution is -2.30. The summed E-state index contributed by atoms with van der Waals surface area (Å²) in [5.41, 5.74) is 0. The Kier molecular flexibility index (Phi) is 53.0. The highest BCUT2D eigenvalue weighted by Gasteiger charge is 2.19. The Morgan fingerprint density at radius 2 is 0.594 bits per heavy atom. The van der Waals surface area contributed by atoms with E-state index in [0.29, 0.717) is 19.3 Å². The Hall–Kier alpha value is -4.19. The predicted molar refractivity (Wildman–Crippen MR) is 297 cm³/mol.